The Morgan fingerprint density at radius 1 is 1.53 bits per heavy atom. The lowest BCUT2D eigenvalue weighted by atomic mass is 10.1. The molecule has 1 aromatic heterocycles. The summed E-state index contributed by atoms with van der Waals surface area (Å²) in [6.45, 7) is 3.80. The van der Waals surface area contributed by atoms with Crippen LogP contribution in [-0.4, -0.2) is 42.0 Å². The third kappa shape index (κ3) is 4.39. The van der Waals surface area contributed by atoms with Crippen LogP contribution in [0.2, 0.25) is 0 Å². The number of aromatic nitrogens is 2. The van der Waals surface area contributed by atoms with Crippen molar-refractivity contribution in [1.82, 2.24) is 9.78 Å². The van der Waals surface area contributed by atoms with Gasteiger partial charge in [-0.25, -0.2) is 8.42 Å². The van der Waals surface area contributed by atoms with Crippen molar-refractivity contribution in [3.8, 4) is 0 Å². The van der Waals surface area contributed by atoms with Gasteiger partial charge in [0.2, 0.25) is 0 Å². The summed E-state index contributed by atoms with van der Waals surface area (Å²) in [6.07, 6.45) is 2.77. The predicted octanol–water partition coefficient (Wildman–Crippen LogP) is 1.17. The van der Waals surface area contributed by atoms with Crippen LogP contribution in [-0.2, 0) is 9.84 Å². The Bertz CT molecular complexity index is 566. The molecular weight excluding hydrogens is 334 g/mol. The summed E-state index contributed by atoms with van der Waals surface area (Å²) in [5, 5.41) is 4.10. The van der Waals surface area contributed by atoms with Crippen LogP contribution in [0.5, 0.6) is 0 Å². The van der Waals surface area contributed by atoms with Gasteiger partial charge in [-0.05, 0) is 36.2 Å². The molecule has 2 N–H and O–H groups in total. The minimum absolute atomic E-state index is 0.0207. The fourth-order valence-corrected chi connectivity index (χ4v) is 2.76. The maximum absolute atomic E-state index is 12.3. The zero-order valence-electron chi connectivity index (χ0n) is 11.1. The van der Waals surface area contributed by atoms with Gasteiger partial charge in [-0.2, -0.15) is 5.10 Å². The molecule has 0 aliphatic heterocycles. The number of nitrogens with two attached hydrogens (primary N) is 1. The van der Waals surface area contributed by atoms with Crippen LogP contribution in [0.4, 0.5) is 0 Å². The van der Waals surface area contributed by atoms with Gasteiger partial charge in [0.25, 0.3) is 0 Å². The fraction of sp³-hybridized carbons (Fsp3) is 0.636. The minimum atomic E-state index is -3.12. The molecule has 0 aliphatic carbocycles. The van der Waals surface area contributed by atoms with E-state index in [1.807, 2.05) is 13.8 Å². The molecule has 0 bridgehead atoms. The SMILES string of the molecule is CC(C)n1ncc(Br)c1C(=O)C(N)CCS(C)(=O)=O. The molecule has 0 radical (unpaired) electrons. The van der Waals surface area contributed by atoms with Gasteiger partial charge in [-0.3, -0.25) is 9.48 Å². The number of halogens is 1. The highest BCUT2D eigenvalue weighted by Gasteiger charge is 2.24. The largest absolute Gasteiger partial charge is 0.321 e. The molecule has 1 heterocycles. The van der Waals surface area contributed by atoms with Crippen LogP contribution in [0.25, 0.3) is 0 Å². The average molecular weight is 352 g/mol. The van der Waals surface area contributed by atoms with Crippen LogP contribution in [0, 0.1) is 0 Å². The summed E-state index contributed by atoms with van der Waals surface area (Å²) in [5.74, 6) is -0.408. The van der Waals surface area contributed by atoms with Gasteiger partial charge in [0.1, 0.15) is 15.5 Å². The van der Waals surface area contributed by atoms with E-state index < -0.39 is 15.9 Å². The highest BCUT2D eigenvalue weighted by Crippen LogP contribution is 2.21. The highest BCUT2D eigenvalue weighted by molar-refractivity contribution is 9.10. The van der Waals surface area contributed by atoms with Crippen molar-refractivity contribution in [1.29, 1.82) is 0 Å². The number of hydrogen-bond acceptors (Lipinski definition) is 5. The van der Waals surface area contributed by atoms with Gasteiger partial charge < -0.3 is 5.73 Å². The molecule has 0 amide bonds. The number of rotatable bonds is 6. The molecule has 1 atom stereocenters. The average Bonchev–Trinajstić information content (AvgIpc) is 2.66. The van der Waals surface area contributed by atoms with Crippen molar-refractivity contribution in [2.45, 2.75) is 32.4 Å². The predicted molar refractivity (Wildman–Crippen MR) is 76.9 cm³/mol. The van der Waals surface area contributed by atoms with Crippen LogP contribution in [0.3, 0.4) is 0 Å². The molecule has 0 fully saturated rings. The standard InChI is InChI=1S/C11H18BrN3O3S/c1-7(2)15-10(8(12)6-14-15)11(16)9(13)4-5-19(3,17)18/h6-7,9H,4-5,13H2,1-3H3. The Kier molecular flexibility index (Phi) is 5.28. The minimum Gasteiger partial charge on any atom is -0.321 e. The molecule has 6 nitrogen and oxygen atoms in total. The van der Waals surface area contributed by atoms with Crippen LogP contribution in [0.1, 0.15) is 36.8 Å². The Labute approximate surface area is 121 Å². The van der Waals surface area contributed by atoms with Crippen molar-refractivity contribution < 1.29 is 13.2 Å². The monoisotopic (exact) mass is 351 g/mol. The second-order valence-corrected chi connectivity index (χ2v) is 7.88. The molecule has 1 unspecified atom stereocenters. The third-order valence-electron chi connectivity index (χ3n) is 2.61. The van der Waals surface area contributed by atoms with Crippen molar-refractivity contribution in [2.75, 3.05) is 12.0 Å². The van der Waals surface area contributed by atoms with E-state index >= 15 is 0 Å². The maximum atomic E-state index is 12.3. The van der Waals surface area contributed by atoms with E-state index in [-0.39, 0.29) is 24.0 Å². The van der Waals surface area contributed by atoms with Crippen molar-refractivity contribution in [3.05, 3.63) is 16.4 Å². The summed E-state index contributed by atoms with van der Waals surface area (Å²) in [7, 11) is -3.12. The zero-order chi connectivity index (χ0) is 14.8. The fourth-order valence-electron chi connectivity index (χ4n) is 1.61. The van der Waals surface area contributed by atoms with E-state index in [4.69, 9.17) is 5.73 Å². The lowest BCUT2D eigenvalue weighted by molar-refractivity contribution is 0.0946. The van der Waals surface area contributed by atoms with Gasteiger partial charge in [0.15, 0.2) is 5.78 Å². The zero-order valence-corrected chi connectivity index (χ0v) is 13.5. The maximum Gasteiger partial charge on any atom is 0.198 e. The molecule has 0 saturated carbocycles. The third-order valence-corrected chi connectivity index (χ3v) is 4.17. The van der Waals surface area contributed by atoms with E-state index in [9.17, 15) is 13.2 Å². The Morgan fingerprint density at radius 3 is 2.58 bits per heavy atom. The summed E-state index contributed by atoms with van der Waals surface area (Å²) in [5.41, 5.74) is 6.16. The molecule has 0 spiro atoms. The van der Waals surface area contributed by atoms with Crippen LogP contribution in [0.15, 0.2) is 10.7 Å². The van der Waals surface area contributed by atoms with E-state index in [0.717, 1.165) is 6.26 Å². The first-order chi connectivity index (χ1) is 8.63. The summed E-state index contributed by atoms with van der Waals surface area (Å²) in [6, 6.07) is -0.826. The van der Waals surface area contributed by atoms with Gasteiger partial charge in [0.05, 0.1) is 22.5 Å². The quantitative estimate of drug-likeness (QED) is 0.776. The van der Waals surface area contributed by atoms with Crippen LogP contribution < -0.4 is 5.73 Å². The lowest BCUT2D eigenvalue weighted by Crippen LogP contribution is -2.34. The number of hydrogen-bond donors (Lipinski definition) is 1. The molecule has 19 heavy (non-hydrogen) atoms. The lowest BCUT2D eigenvalue weighted by Gasteiger charge is -2.14. The molecule has 108 valence electrons. The summed E-state index contributed by atoms with van der Waals surface area (Å²) < 4.78 is 24.3. The van der Waals surface area contributed by atoms with E-state index in [0.29, 0.717) is 10.2 Å². The molecule has 1 rings (SSSR count). The molecule has 0 saturated heterocycles. The summed E-state index contributed by atoms with van der Waals surface area (Å²) >= 11 is 3.27. The smallest absolute Gasteiger partial charge is 0.198 e. The number of Topliss-reactive ketones (excluding diaryl/α,β-unsaturated/α-hetero) is 1. The number of nitrogens with zero attached hydrogens (tertiary/aromatic N) is 2. The first kappa shape index (κ1) is 16.3. The first-order valence-corrected chi connectivity index (χ1v) is 8.69. The second kappa shape index (κ2) is 6.15. The number of ketones is 1. The topological polar surface area (TPSA) is 95.0 Å². The van der Waals surface area contributed by atoms with Crippen molar-refractivity contribution in [2.24, 2.45) is 5.73 Å². The Morgan fingerprint density at radius 2 is 2.11 bits per heavy atom. The van der Waals surface area contributed by atoms with Gasteiger partial charge in [-0.1, -0.05) is 0 Å². The summed E-state index contributed by atoms with van der Waals surface area (Å²) in [4.78, 5) is 12.3. The first-order valence-electron chi connectivity index (χ1n) is 5.84. The highest BCUT2D eigenvalue weighted by atomic mass is 79.9. The van der Waals surface area contributed by atoms with Crippen LogP contribution >= 0.6 is 15.9 Å². The van der Waals surface area contributed by atoms with Gasteiger partial charge >= 0.3 is 0 Å². The normalized spacial score (nSPS) is 13.8. The molecule has 8 heteroatoms. The van der Waals surface area contributed by atoms with E-state index in [1.54, 1.807) is 4.68 Å². The number of sulfone groups is 1. The molecular formula is C11H18BrN3O3S. The molecule has 1 aromatic rings. The Balaban J connectivity index is 2.91. The number of carbonyl (C=O) groups excluding carboxylic acids is 1. The number of carbonyl (C=O) groups is 1. The van der Waals surface area contributed by atoms with E-state index in [1.165, 1.54) is 6.20 Å². The van der Waals surface area contributed by atoms with Crippen molar-refractivity contribution >= 4 is 31.6 Å². The van der Waals surface area contributed by atoms with E-state index in [2.05, 4.69) is 21.0 Å². The van der Waals surface area contributed by atoms with Gasteiger partial charge in [-0.15, -0.1) is 0 Å². The second-order valence-electron chi connectivity index (χ2n) is 4.77. The molecule has 0 aliphatic rings. The van der Waals surface area contributed by atoms with Gasteiger partial charge in [0, 0.05) is 12.3 Å². The Hall–Kier alpha value is -0.730. The molecule has 0 aromatic carbocycles. The van der Waals surface area contributed by atoms with Crippen molar-refractivity contribution in [3.63, 3.8) is 0 Å².